The molecule has 1 unspecified atom stereocenters. The maximum Gasteiger partial charge on any atom is 0.254 e. The van der Waals surface area contributed by atoms with E-state index >= 15 is 0 Å². The maximum absolute atomic E-state index is 12.1. The van der Waals surface area contributed by atoms with Crippen molar-refractivity contribution in [1.82, 2.24) is 4.90 Å². The van der Waals surface area contributed by atoms with Crippen LogP contribution < -0.4 is 5.32 Å². The molecule has 1 N–H and O–H groups in total. The van der Waals surface area contributed by atoms with Crippen LogP contribution in [0, 0.1) is 5.92 Å². The van der Waals surface area contributed by atoms with Crippen LogP contribution in [0.2, 0.25) is 5.02 Å². The van der Waals surface area contributed by atoms with Gasteiger partial charge >= 0.3 is 0 Å². The Morgan fingerprint density at radius 3 is 2.57 bits per heavy atom. The second-order valence-electron chi connectivity index (χ2n) is 6.23. The molecule has 0 heterocycles. The van der Waals surface area contributed by atoms with E-state index in [0.29, 0.717) is 16.6 Å². The fraction of sp³-hybridized carbons (Fsp3) is 0.588. The number of benzene rings is 1. The van der Waals surface area contributed by atoms with Crippen molar-refractivity contribution in [3.05, 3.63) is 28.8 Å². The lowest BCUT2D eigenvalue weighted by atomic mass is 9.84. The lowest BCUT2D eigenvalue weighted by molar-refractivity contribution is 0.0828. The summed E-state index contributed by atoms with van der Waals surface area (Å²) in [6.07, 6.45) is 6.63. The number of carbonyl (C=O) groups is 1. The standard InChI is InChI=1S/C17H25ClN2O/c1-12(13-7-5-4-6-8-13)19-14-9-10-16(18)15(11-14)17(21)20(2)3/h9-13,19H,4-8H2,1-3H3. The molecular formula is C17H25ClN2O. The molecule has 0 spiro atoms. The van der Waals surface area contributed by atoms with E-state index in [9.17, 15) is 4.79 Å². The SMILES string of the molecule is CC(Nc1ccc(Cl)c(C(=O)N(C)C)c1)C1CCCCC1. The predicted molar refractivity (Wildman–Crippen MR) is 89.1 cm³/mol. The van der Waals surface area contributed by atoms with Gasteiger partial charge in [-0.15, -0.1) is 0 Å². The van der Waals surface area contributed by atoms with E-state index in [2.05, 4.69) is 12.2 Å². The number of hydrogen-bond acceptors (Lipinski definition) is 2. The third-order valence-corrected chi connectivity index (χ3v) is 4.68. The Labute approximate surface area is 132 Å². The Morgan fingerprint density at radius 1 is 1.29 bits per heavy atom. The summed E-state index contributed by atoms with van der Waals surface area (Å²) in [4.78, 5) is 13.7. The second kappa shape index (κ2) is 7.17. The Kier molecular flexibility index (Phi) is 5.51. The molecule has 1 aromatic rings. The number of nitrogens with one attached hydrogen (secondary N) is 1. The molecule has 2 rings (SSSR count). The molecule has 1 atom stereocenters. The van der Waals surface area contributed by atoms with Gasteiger partial charge in [-0.3, -0.25) is 4.79 Å². The van der Waals surface area contributed by atoms with Gasteiger partial charge in [0.25, 0.3) is 5.91 Å². The molecule has 1 aliphatic rings. The lowest BCUT2D eigenvalue weighted by Crippen LogP contribution is -2.28. The van der Waals surface area contributed by atoms with Crippen LogP contribution in [0.3, 0.4) is 0 Å². The highest BCUT2D eigenvalue weighted by Gasteiger charge is 2.20. The molecule has 0 saturated heterocycles. The second-order valence-corrected chi connectivity index (χ2v) is 6.63. The summed E-state index contributed by atoms with van der Waals surface area (Å²) in [6.45, 7) is 2.23. The molecule has 0 radical (unpaired) electrons. The fourth-order valence-electron chi connectivity index (χ4n) is 3.03. The van der Waals surface area contributed by atoms with Crippen LogP contribution in [0.1, 0.15) is 49.4 Å². The van der Waals surface area contributed by atoms with Crippen molar-refractivity contribution in [1.29, 1.82) is 0 Å². The number of carbonyl (C=O) groups excluding carboxylic acids is 1. The van der Waals surface area contributed by atoms with E-state index in [4.69, 9.17) is 11.6 Å². The van der Waals surface area contributed by atoms with Gasteiger partial charge in [0.15, 0.2) is 0 Å². The molecule has 21 heavy (non-hydrogen) atoms. The fourth-order valence-corrected chi connectivity index (χ4v) is 3.23. The van der Waals surface area contributed by atoms with Gasteiger partial charge in [0, 0.05) is 25.8 Å². The van der Waals surface area contributed by atoms with E-state index in [1.54, 1.807) is 25.1 Å². The average molecular weight is 309 g/mol. The van der Waals surface area contributed by atoms with Crippen molar-refractivity contribution in [2.45, 2.75) is 45.1 Å². The molecule has 0 bridgehead atoms. The summed E-state index contributed by atoms with van der Waals surface area (Å²) in [6, 6.07) is 6.04. The Bertz CT molecular complexity index is 496. The first-order chi connectivity index (χ1) is 9.99. The number of amides is 1. The quantitative estimate of drug-likeness (QED) is 0.893. The highest BCUT2D eigenvalue weighted by molar-refractivity contribution is 6.34. The van der Waals surface area contributed by atoms with Crippen molar-refractivity contribution < 1.29 is 4.79 Å². The molecule has 1 aliphatic carbocycles. The minimum atomic E-state index is -0.0611. The van der Waals surface area contributed by atoms with Crippen LogP contribution in [0.4, 0.5) is 5.69 Å². The molecular weight excluding hydrogens is 284 g/mol. The summed E-state index contributed by atoms with van der Waals surface area (Å²) in [5.41, 5.74) is 1.53. The molecule has 1 saturated carbocycles. The van der Waals surface area contributed by atoms with E-state index in [1.807, 2.05) is 12.1 Å². The number of hydrogen-bond donors (Lipinski definition) is 1. The van der Waals surface area contributed by atoms with E-state index in [-0.39, 0.29) is 5.91 Å². The molecule has 116 valence electrons. The van der Waals surface area contributed by atoms with Crippen LogP contribution in [0.15, 0.2) is 18.2 Å². The maximum atomic E-state index is 12.1. The van der Waals surface area contributed by atoms with Crippen molar-refractivity contribution in [2.24, 2.45) is 5.92 Å². The first kappa shape index (κ1) is 16.2. The van der Waals surface area contributed by atoms with Gasteiger partial charge in [-0.05, 0) is 43.9 Å². The van der Waals surface area contributed by atoms with Crippen LogP contribution in [0.25, 0.3) is 0 Å². The number of anilines is 1. The molecule has 0 aliphatic heterocycles. The minimum absolute atomic E-state index is 0.0611. The monoisotopic (exact) mass is 308 g/mol. The van der Waals surface area contributed by atoms with E-state index in [0.717, 1.165) is 11.6 Å². The first-order valence-corrected chi connectivity index (χ1v) is 8.14. The molecule has 1 amide bonds. The third kappa shape index (κ3) is 4.13. The Hall–Kier alpha value is -1.22. The lowest BCUT2D eigenvalue weighted by Gasteiger charge is -2.29. The Balaban J connectivity index is 2.09. The van der Waals surface area contributed by atoms with E-state index in [1.165, 1.54) is 32.1 Å². The predicted octanol–water partition coefficient (Wildman–Crippen LogP) is 4.42. The number of halogens is 1. The van der Waals surface area contributed by atoms with E-state index < -0.39 is 0 Å². The third-order valence-electron chi connectivity index (χ3n) is 4.35. The van der Waals surface area contributed by atoms with Crippen LogP contribution in [0.5, 0.6) is 0 Å². The topological polar surface area (TPSA) is 32.3 Å². The largest absolute Gasteiger partial charge is 0.382 e. The van der Waals surface area contributed by atoms with Gasteiger partial charge in [-0.2, -0.15) is 0 Å². The normalized spacial score (nSPS) is 17.3. The van der Waals surface area contributed by atoms with Gasteiger partial charge in [-0.25, -0.2) is 0 Å². The Morgan fingerprint density at radius 2 is 1.95 bits per heavy atom. The van der Waals surface area contributed by atoms with Gasteiger partial charge in [0.2, 0.25) is 0 Å². The smallest absolute Gasteiger partial charge is 0.254 e. The summed E-state index contributed by atoms with van der Waals surface area (Å²) in [5.74, 6) is 0.663. The van der Waals surface area contributed by atoms with Crippen LogP contribution >= 0.6 is 11.6 Å². The van der Waals surface area contributed by atoms with Crippen molar-refractivity contribution in [3.8, 4) is 0 Å². The zero-order chi connectivity index (χ0) is 15.4. The zero-order valence-electron chi connectivity index (χ0n) is 13.2. The van der Waals surface area contributed by atoms with Gasteiger partial charge in [-0.1, -0.05) is 30.9 Å². The van der Waals surface area contributed by atoms with Gasteiger partial charge in [0.05, 0.1) is 10.6 Å². The first-order valence-electron chi connectivity index (χ1n) is 7.77. The number of nitrogens with zero attached hydrogens (tertiary/aromatic N) is 1. The summed E-state index contributed by atoms with van der Waals surface area (Å²) in [7, 11) is 3.48. The van der Waals surface area contributed by atoms with Crippen molar-refractivity contribution >= 4 is 23.2 Å². The average Bonchev–Trinajstić information content (AvgIpc) is 2.49. The summed E-state index contributed by atoms with van der Waals surface area (Å²) >= 11 is 6.15. The zero-order valence-corrected chi connectivity index (χ0v) is 13.9. The van der Waals surface area contributed by atoms with Crippen LogP contribution in [-0.4, -0.2) is 30.9 Å². The van der Waals surface area contributed by atoms with Crippen molar-refractivity contribution in [2.75, 3.05) is 19.4 Å². The molecule has 0 aromatic heterocycles. The molecule has 4 heteroatoms. The molecule has 1 fully saturated rings. The number of rotatable bonds is 4. The van der Waals surface area contributed by atoms with Gasteiger partial charge < -0.3 is 10.2 Å². The minimum Gasteiger partial charge on any atom is -0.382 e. The summed E-state index contributed by atoms with van der Waals surface area (Å²) in [5, 5.41) is 4.05. The highest BCUT2D eigenvalue weighted by Crippen LogP contribution is 2.29. The summed E-state index contributed by atoms with van der Waals surface area (Å²) < 4.78 is 0. The highest BCUT2D eigenvalue weighted by atomic mass is 35.5. The molecule has 3 nitrogen and oxygen atoms in total. The van der Waals surface area contributed by atoms with Crippen molar-refractivity contribution in [3.63, 3.8) is 0 Å². The van der Waals surface area contributed by atoms with Crippen LogP contribution in [-0.2, 0) is 0 Å². The molecule has 1 aromatic carbocycles. The van der Waals surface area contributed by atoms with Gasteiger partial charge in [0.1, 0.15) is 0 Å².